The lowest BCUT2D eigenvalue weighted by molar-refractivity contribution is -0.131. The van der Waals surface area contributed by atoms with E-state index < -0.39 is 0 Å². The van der Waals surface area contributed by atoms with Crippen molar-refractivity contribution in [3.05, 3.63) is 95.9 Å². The summed E-state index contributed by atoms with van der Waals surface area (Å²) in [5.74, 6) is 0.371. The summed E-state index contributed by atoms with van der Waals surface area (Å²) < 4.78 is 0. The number of hydrogen-bond donors (Lipinski definition) is 1. The number of carbonyl (C=O) groups is 1. The summed E-state index contributed by atoms with van der Waals surface area (Å²) in [4.78, 5) is 24.1. The second kappa shape index (κ2) is 10.0. The van der Waals surface area contributed by atoms with Crippen molar-refractivity contribution < 1.29 is 4.79 Å². The van der Waals surface area contributed by atoms with E-state index in [0.29, 0.717) is 17.5 Å². The first kappa shape index (κ1) is 21.4. The zero-order chi connectivity index (χ0) is 22.5. The third-order valence-corrected chi connectivity index (χ3v) is 6.88. The van der Waals surface area contributed by atoms with Crippen LogP contribution in [0.2, 0.25) is 0 Å². The Morgan fingerprint density at radius 2 is 1.82 bits per heavy atom. The maximum absolute atomic E-state index is 13.6. The molecule has 1 aliphatic rings. The summed E-state index contributed by atoms with van der Waals surface area (Å²) >= 11 is 1.38. The largest absolute Gasteiger partial charge is 0.330 e. The number of rotatable bonds is 7. The summed E-state index contributed by atoms with van der Waals surface area (Å²) in [5.41, 5.74) is 5.62. The van der Waals surface area contributed by atoms with E-state index in [4.69, 9.17) is 0 Å². The Morgan fingerprint density at radius 3 is 2.67 bits per heavy atom. The molecule has 1 N–H and O–H groups in total. The molecule has 7 heteroatoms. The molecule has 1 aliphatic carbocycles. The van der Waals surface area contributed by atoms with Gasteiger partial charge in [0, 0.05) is 18.0 Å². The smallest absolute Gasteiger partial charge is 0.233 e. The number of nitrogens with zero attached hydrogens (tertiary/aromatic N) is 4. The fraction of sp³-hybridized carbons (Fsp3) is 0.231. The van der Waals surface area contributed by atoms with Crippen LogP contribution in [0.25, 0.3) is 11.3 Å². The Bertz CT molecular complexity index is 1210. The van der Waals surface area contributed by atoms with Gasteiger partial charge >= 0.3 is 0 Å². The average Bonchev–Trinajstić information content (AvgIpc) is 3.35. The van der Waals surface area contributed by atoms with Crippen molar-refractivity contribution in [1.82, 2.24) is 25.1 Å². The van der Waals surface area contributed by atoms with Crippen LogP contribution >= 0.6 is 11.8 Å². The number of aryl methyl sites for hydroxylation is 1. The lowest BCUT2D eigenvalue weighted by Crippen LogP contribution is -2.37. The Kier molecular flexibility index (Phi) is 6.48. The Labute approximate surface area is 197 Å². The number of nitrogens with one attached hydrogen (secondary N) is 1. The predicted molar refractivity (Wildman–Crippen MR) is 129 cm³/mol. The summed E-state index contributed by atoms with van der Waals surface area (Å²) in [6.45, 7) is 0.495. The molecule has 0 aliphatic heterocycles. The molecule has 5 rings (SSSR count). The molecular formula is C26H25N5OS. The molecule has 2 aromatic carbocycles. The molecule has 4 aromatic rings. The predicted octanol–water partition coefficient (Wildman–Crippen LogP) is 5.07. The van der Waals surface area contributed by atoms with Crippen LogP contribution in [0.1, 0.15) is 35.6 Å². The summed E-state index contributed by atoms with van der Waals surface area (Å²) in [5, 5.41) is 8.05. The maximum Gasteiger partial charge on any atom is 0.233 e. The van der Waals surface area contributed by atoms with Gasteiger partial charge in [0.2, 0.25) is 5.91 Å². The van der Waals surface area contributed by atoms with Crippen molar-refractivity contribution >= 4 is 17.7 Å². The molecule has 33 heavy (non-hydrogen) atoms. The third-order valence-electron chi connectivity index (χ3n) is 6.02. The summed E-state index contributed by atoms with van der Waals surface area (Å²) in [7, 11) is 0. The molecule has 0 saturated heterocycles. The van der Waals surface area contributed by atoms with Gasteiger partial charge in [0.05, 0.1) is 30.2 Å². The highest BCUT2D eigenvalue weighted by Gasteiger charge is 2.30. The van der Waals surface area contributed by atoms with Gasteiger partial charge in [-0.3, -0.25) is 9.89 Å². The van der Waals surface area contributed by atoms with Crippen molar-refractivity contribution in [3.8, 4) is 11.3 Å². The Morgan fingerprint density at radius 1 is 1.03 bits per heavy atom. The van der Waals surface area contributed by atoms with Crippen molar-refractivity contribution in [3.63, 3.8) is 0 Å². The zero-order valence-electron chi connectivity index (χ0n) is 18.2. The number of carbonyl (C=O) groups excluding carboxylic acids is 1. The molecule has 1 amide bonds. The van der Waals surface area contributed by atoms with Crippen LogP contribution in [-0.2, 0) is 17.8 Å². The molecule has 0 bridgehead atoms. The molecule has 1 unspecified atom stereocenters. The lowest BCUT2D eigenvalue weighted by atomic mass is 9.86. The normalized spacial score (nSPS) is 15.1. The van der Waals surface area contributed by atoms with Crippen LogP contribution in [0, 0.1) is 0 Å². The van der Waals surface area contributed by atoms with E-state index in [0.717, 1.165) is 36.1 Å². The van der Waals surface area contributed by atoms with Crippen molar-refractivity contribution in [1.29, 1.82) is 0 Å². The van der Waals surface area contributed by atoms with Gasteiger partial charge in [-0.1, -0.05) is 66.4 Å². The maximum atomic E-state index is 13.6. The first-order chi connectivity index (χ1) is 16.3. The van der Waals surface area contributed by atoms with Gasteiger partial charge in [-0.05, 0) is 42.0 Å². The van der Waals surface area contributed by atoms with Crippen molar-refractivity contribution in [2.45, 2.75) is 37.0 Å². The van der Waals surface area contributed by atoms with E-state index in [1.54, 1.807) is 18.5 Å². The highest BCUT2D eigenvalue weighted by Crippen LogP contribution is 2.36. The highest BCUT2D eigenvalue weighted by molar-refractivity contribution is 7.99. The van der Waals surface area contributed by atoms with E-state index in [1.807, 2.05) is 29.3 Å². The number of benzene rings is 2. The fourth-order valence-electron chi connectivity index (χ4n) is 4.46. The molecule has 166 valence electrons. The van der Waals surface area contributed by atoms with Gasteiger partial charge < -0.3 is 4.90 Å². The minimum atomic E-state index is 0.0401. The molecule has 0 saturated carbocycles. The number of H-pyrrole nitrogens is 1. The average molecular weight is 456 g/mol. The Balaban J connectivity index is 1.45. The standard InChI is InChI=1S/C26H25N5OS/c32-24(18-33-26-27-14-7-15-28-26)31(23-13-6-11-19-8-4-5-12-22(19)23)17-21-16-29-30-25(21)20-9-2-1-3-10-20/h1-5,7-10,12,14-16,23H,6,11,13,17-18H2,(H,29,30). The molecule has 0 fully saturated rings. The second-order valence-corrected chi connectivity index (χ2v) is 9.03. The number of thioether (sulfide) groups is 1. The van der Waals surface area contributed by atoms with Gasteiger partial charge in [0.1, 0.15) is 0 Å². The number of fused-ring (bicyclic) bond motifs is 1. The van der Waals surface area contributed by atoms with E-state index in [-0.39, 0.29) is 11.9 Å². The SMILES string of the molecule is O=C(CSc1ncccn1)N(Cc1cn[nH]c1-c1ccccc1)C1CCCc2ccccc21. The third kappa shape index (κ3) is 4.83. The molecule has 0 radical (unpaired) electrons. The first-order valence-corrected chi connectivity index (χ1v) is 12.1. The summed E-state index contributed by atoms with van der Waals surface area (Å²) in [6, 6.07) is 20.5. The molecule has 2 heterocycles. The van der Waals surface area contributed by atoms with Gasteiger partial charge in [-0.25, -0.2) is 9.97 Å². The molecule has 1 atom stereocenters. The van der Waals surface area contributed by atoms with Crippen molar-refractivity contribution in [2.75, 3.05) is 5.75 Å². The fourth-order valence-corrected chi connectivity index (χ4v) is 5.15. The van der Waals surface area contributed by atoms with E-state index in [9.17, 15) is 4.79 Å². The topological polar surface area (TPSA) is 74.8 Å². The van der Waals surface area contributed by atoms with Gasteiger partial charge in [0.25, 0.3) is 0 Å². The van der Waals surface area contributed by atoms with Gasteiger partial charge in [-0.2, -0.15) is 5.10 Å². The van der Waals surface area contributed by atoms with Gasteiger partial charge in [0.15, 0.2) is 5.16 Å². The number of aromatic amines is 1. The Hall–Kier alpha value is -3.45. The van der Waals surface area contributed by atoms with Crippen LogP contribution in [0.15, 0.2) is 84.4 Å². The van der Waals surface area contributed by atoms with Crippen LogP contribution in [0.3, 0.4) is 0 Å². The first-order valence-electron chi connectivity index (χ1n) is 11.1. The number of hydrogen-bond acceptors (Lipinski definition) is 5. The molecule has 6 nitrogen and oxygen atoms in total. The van der Waals surface area contributed by atoms with Crippen molar-refractivity contribution in [2.24, 2.45) is 0 Å². The monoisotopic (exact) mass is 455 g/mol. The highest BCUT2D eigenvalue weighted by atomic mass is 32.2. The minimum absolute atomic E-state index is 0.0401. The molecular weight excluding hydrogens is 430 g/mol. The van der Waals surface area contributed by atoms with Crippen LogP contribution in [0.5, 0.6) is 0 Å². The minimum Gasteiger partial charge on any atom is -0.330 e. The number of amides is 1. The number of aromatic nitrogens is 4. The van der Waals surface area contributed by atoms with Crippen LogP contribution in [0.4, 0.5) is 0 Å². The second-order valence-electron chi connectivity index (χ2n) is 8.08. The van der Waals surface area contributed by atoms with E-state index in [2.05, 4.69) is 56.6 Å². The molecule has 2 aromatic heterocycles. The van der Waals surface area contributed by atoms with Crippen LogP contribution in [-0.4, -0.2) is 36.7 Å². The van der Waals surface area contributed by atoms with E-state index in [1.165, 1.54) is 22.9 Å². The zero-order valence-corrected chi connectivity index (χ0v) is 19.0. The molecule has 0 spiro atoms. The quantitative estimate of drug-likeness (QED) is 0.311. The summed E-state index contributed by atoms with van der Waals surface area (Å²) in [6.07, 6.45) is 8.32. The lowest BCUT2D eigenvalue weighted by Gasteiger charge is -2.36. The van der Waals surface area contributed by atoms with Crippen LogP contribution < -0.4 is 0 Å². The van der Waals surface area contributed by atoms with E-state index >= 15 is 0 Å². The van der Waals surface area contributed by atoms with Gasteiger partial charge in [-0.15, -0.1) is 0 Å².